The van der Waals surface area contributed by atoms with Gasteiger partial charge in [-0.25, -0.2) is 46.6 Å². The third-order valence-corrected chi connectivity index (χ3v) is 14.4. The van der Waals surface area contributed by atoms with E-state index >= 15 is 0 Å². The van der Waals surface area contributed by atoms with Crippen LogP contribution in [0.5, 0.6) is 0 Å². The molecule has 0 bridgehead atoms. The molecule has 4 aromatic rings. The van der Waals surface area contributed by atoms with Gasteiger partial charge in [-0.3, -0.25) is 24.3 Å². The fraction of sp³-hybridized carbons (Fsp3) is 0.323. The van der Waals surface area contributed by atoms with Crippen LogP contribution in [-0.2, 0) is 47.8 Å². The minimum atomic E-state index is 0. The molecule has 0 nitrogen and oxygen atoms in total. The molecular formula is C62H74Cl2Hf2. The Labute approximate surface area is 444 Å². The molecule has 8 rings (SSSR count). The predicted molar refractivity (Wildman–Crippen MR) is 287 cm³/mol. The van der Waals surface area contributed by atoms with Gasteiger partial charge >= 0.3 is 198 Å². The van der Waals surface area contributed by atoms with Crippen molar-refractivity contribution in [3.05, 3.63) is 239 Å². The fourth-order valence-corrected chi connectivity index (χ4v) is 8.83. The van der Waals surface area contributed by atoms with Crippen molar-refractivity contribution in [2.45, 2.75) is 109 Å². The van der Waals surface area contributed by atoms with Crippen LogP contribution in [0.25, 0.3) is 0 Å². The van der Waals surface area contributed by atoms with Crippen molar-refractivity contribution in [2.75, 3.05) is 0 Å². The van der Waals surface area contributed by atoms with Crippen molar-refractivity contribution in [1.82, 2.24) is 0 Å². The Bertz CT molecular complexity index is 1960. The monoisotopic (exact) mass is 1250 g/mol. The number of benzene rings is 4. The van der Waals surface area contributed by atoms with E-state index in [0.717, 1.165) is 73.5 Å². The van der Waals surface area contributed by atoms with E-state index < -0.39 is 0 Å². The van der Waals surface area contributed by atoms with Gasteiger partial charge in [-0.05, 0) is 21.7 Å². The average Bonchev–Trinajstić information content (AvgIpc) is 4.13. The van der Waals surface area contributed by atoms with Crippen LogP contribution >= 0.6 is 24.8 Å². The van der Waals surface area contributed by atoms with Crippen molar-refractivity contribution in [1.29, 1.82) is 0 Å². The van der Waals surface area contributed by atoms with Gasteiger partial charge in [-0.15, -0.1) is 50.5 Å². The van der Waals surface area contributed by atoms with Crippen LogP contribution in [0, 0.1) is 46.0 Å². The number of halogens is 2. The first kappa shape index (κ1) is 60.9. The molecule has 0 fully saturated rings. The van der Waals surface area contributed by atoms with E-state index in [1.165, 1.54) is 51.1 Å². The van der Waals surface area contributed by atoms with Gasteiger partial charge in [0.1, 0.15) is 0 Å². The first-order chi connectivity index (χ1) is 30.2. The normalized spacial score (nSPS) is 14.2. The molecular weight excluding hydrogens is 1170 g/mol. The molecule has 0 heterocycles. The Kier molecular flexibility index (Phi) is 28.0. The first-order valence-corrected chi connectivity index (χ1v) is 26.3. The second-order valence-electron chi connectivity index (χ2n) is 20.0. The second kappa shape index (κ2) is 30.4. The summed E-state index contributed by atoms with van der Waals surface area (Å²) in [6.45, 7) is 26.6. The standard InChI is InChI=1S/2C13H10.4C9H13.2ClH.2Hf/c2*1-3-7-12(8-4-1)11-13-9-5-2-6-10-13;4*1-9(2,3)8-6-4-5-7-8;;;;/h2*1-10H;4*4,6H,5H2,1-3H3;2*1H;;/q;;4*-1;;;2*+2. The number of rotatable bonds is 4. The summed E-state index contributed by atoms with van der Waals surface area (Å²) in [5.74, 6) is 0. The molecule has 4 heteroatoms. The quantitative estimate of drug-likeness (QED) is 0.141. The van der Waals surface area contributed by atoms with E-state index in [9.17, 15) is 0 Å². The summed E-state index contributed by atoms with van der Waals surface area (Å²) in [6.07, 6.45) is 34.5. The minimum absolute atomic E-state index is 0. The van der Waals surface area contributed by atoms with Gasteiger partial charge in [-0.1, -0.05) is 83.1 Å². The number of hydrogen-bond acceptors (Lipinski definition) is 0. The van der Waals surface area contributed by atoms with Crippen molar-refractivity contribution in [2.24, 2.45) is 21.7 Å². The zero-order chi connectivity index (χ0) is 47.2. The fourth-order valence-electron chi connectivity index (χ4n) is 6.43. The summed E-state index contributed by atoms with van der Waals surface area (Å²) < 4.78 is 2.93. The third kappa shape index (κ3) is 23.2. The first-order valence-electron chi connectivity index (χ1n) is 22.7. The zero-order valence-electron chi connectivity index (χ0n) is 41.8. The van der Waals surface area contributed by atoms with Gasteiger partial charge in [0, 0.05) is 0 Å². The summed E-state index contributed by atoms with van der Waals surface area (Å²) in [5, 5.41) is 0. The molecule has 0 aromatic heterocycles. The number of allylic oxidation sites excluding steroid dienone is 16. The molecule has 0 radical (unpaired) electrons. The van der Waals surface area contributed by atoms with Crippen LogP contribution in [0.15, 0.2) is 192 Å². The zero-order valence-corrected chi connectivity index (χ0v) is 50.6. The summed E-state index contributed by atoms with van der Waals surface area (Å²) in [5.41, 5.74) is 12.0. The topological polar surface area (TPSA) is 0 Å². The molecule has 4 aliphatic carbocycles. The average molecular weight is 1250 g/mol. The second-order valence-corrected chi connectivity index (χ2v) is 23.6. The van der Waals surface area contributed by atoms with Gasteiger partial charge in [-0.2, -0.15) is 24.3 Å². The Morgan fingerprint density at radius 2 is 0.485 bits per heavy atom. The molecule has 4 aromatic carbocycles. The summed E-state index contributed by atoms with van der Waals surface area (Å²) >= 11 is 2.16. The van der Waals surface area contributed by atoms with Crippen molar-refractivity contribution >= 4 is 31.3 Å². The van der Waals surface area contributed by atoms with Gasteiger partial charge < -0.3 is 0 Å². The molecule has 66 heavy (non-hydrogen) atoms. The Morgan fingerprint density at radius 1 is 0.318 bits per heavy atom. The van der Waals surface area contributed by atoms with Crippen molar-refractivity contribution in [3.63, 3.8) is 0 Å². The van der Waals surface area contributed by atoms with Crippen LogP contribution in [0.4, 0.5) is 0 Å². The van der Waals surface area contributed by atoms with Crippen LogP contribution in [0.2, 0.25) is 0 Å². The van der Waals surface area contributed by atoms with Crippen molar-refractivity contribution in [3.8, 4) is 0 Å². The van der Waals surface area contributed by atoms with Gasteiger partial charge in [0.2, 0.25) is 0 Å². The molecule has 0 unspecified atom stereocenters. The van der Waals surface area contributed by atoms with Gasteiger partial charge in [0.05, 0.1) is 0 Å². The van der Waals surface area contributed by atoms with E-state index in [4.69, 9.17) is 0 Å². The molecule has 0 spiro atoms. The van der Waals surface area contributed by atoms with E-state index in [-0.39, 0.29) is 24.8 Å². The Hall–Kier alpha value is -3.14. The van der Waals surface area contributed by atoms with Crippen LogP contribution in [-0.4, -0.2) is 6.51 Å². The van der Waals surface area contributed by atoms with E-state index in [2.05, 4.69) is 277 Å². The molecule has 0 saturated carbocycles. The summed E-state index contributed by atoms with van der Waals surface area (Å²) in [6, 6.07) is 42.4. The number of hydrogen-bond donors (Lipinski definition) is 0. The van der Waals surface area contributed by atoms with Gasteiger partial charge in [0.15, 0.2) is 0 Å². The Balaban J connectivity index is 0.000000399. The van der Waals surface area contributed by atoms with Crippen LogP contribution in [0.1, 0.15) is 131 Å². The van der Waals surface area contributed by atoms with Gasteiger partial charge in [0.25, 0.3) is 0 Å². The molecule has 0 saturated heterocycles. The van der Waals surface area contributed by atoms with E-state index in [1.54, 1.807) is 0 Å². The Morgan fingerprint density at radius 3 is 0.591 bits per heavy atom. The summed E-state index contributed by atoms with van der Waals surface area (Å²) in [7, 11) is 0. The van der Waals surface area contributed by atoms with Crippen molar-refractivity contribution < 1.29 is 47.8 Å². The maximum absolute atomic E-state index is 3.30. The molecule has 0 N–H and O–H groups in total. The molecule has 0 atom stereocenters. The third-order valence-electron chi connectivity index (χ3n) is 10.3. The molecule has 0 amide bonds. The van der Waals surface area contributed by atoms with E-state index in [1.807, 2.05) is 0 Å². The molecule has 0 aliphatic heterocycles. The van der Waals surface area contributed by atoms with Crippen LogP contribution < -0.4 is 0 Å². The molecule has 4 aliphatic rings. The SMILES string of the molecule is CC(C)(C)C1=[C-]CC=C1.CC(C)(C)C1=[C-]CC=C1.CC(C)(C)C1=[C-]CC=C1.CC(C)(C)C1=[C-]CC=C1.Cl.Cl.[Hf+2]=[C](c1ccccc1)c1ccccc1.[Hf+2]=[C](c1ccccc1)c1ccccc1. The maximum atomic E-state index is 3.30. The summed E-state index contributed by atoms with van der Waals surface area (Å²) in [4.78, 5) is 0. The van der Waals surface area contributed by atoms with E-state index in [0.29, 0.717) is 21.7 Å². The van der Waals surface area contributed by atoms with Crippen LogP contribution in [0.3, 0.4) is 0 Å². The molecule has 344 valence electrons. The predicted octanol–water partition coefficient (Wildman–Crippen LogP) is 17.3.